The normalized spacial score (nSPS) is 13.2. The Morgan fingerprint density at radius 2 is 2.10 bits per heavy atom. The summed E-state index contributed by atoms with van der Waals surface area (Å²) in [6.07, 6.45) is 0.871. The fourth-order valence-electron chi connectivity index (χ4n) is 1.64. The number of halogens is 1. The maximum atomic E-state index is 12.0. The highest BCUT2D eigenvalue weighted by Crippen LogP contribution is 2.22. The van der Waals surface area contributed by atoms with E-state index in [1.807, 2.05) is 6.92 Å². The molecule has 0 saturated carbocycles. The van der Waals surface area contributed by atoms with Gasteiger partial charge >= 0.3 is 5.97 Å². The van der Waals surface area contributed by atoms with Crippen LogP contribution >= 0.6 is 11.6 Å². The van der Waals surface area contributed by atoms with E-state index in [0.717, 1.165) is 5.56 Å². The van der Waals surface area contributed by atoms with E-state index in [-0.39, 0.29) is 16.5 Å². The summed E-state index contributed by atoms with van der Waals surface area (Å²) < 4.78 is 26.5. The lowest BCUT2D eigenvalue weighted by molar-refractivity contribution is -0.141. The van der Waals surface area contributed by atoms with Crippen molar-refractivity contribution >= 4 is 27.6 Å². The Hall–Kier alpha value is -1.11. The SMILES string of the molecule is Cc1ccc(S(=O)(=O)NCCCC(C)C(=O)O)c(Cl)c1. The monoisotopic (exact) mass is 319 g/mol. The minimum Gasteiger partial charge on any atom is -0.481 e. The predicted molar refractivity (Wildman–Crippen MR) is 77.4 cm³/mol. The molecule has 1 rings (SSSR count). The zero-order chi connectivity index (χ0) is 15.3. The van der Waals surface area contributed by atoms with Crippen LogP contribution in [0.25, 0.3) is 0 Å². The summed E-state index contributed by atoms with van der Waals surface area (Å²) in [6.45, 7) is 3.60. The lowest BCUT2D eigenvalue weighted by Gasteiger charge is -2.10. The largest absolute Gasteiger partial charge is 0.481 e. The van der Waals surface area contributed by atoms with Gasteiger partial charge in [0.05, 0.1) is 10.9 Å². The lowest BCUT2D eigenvalue weighted by atomic mass is 10.1. The second-order valence-corrected chi connectivity index (χ2v) is 6.86. The third kappa shape index (κ3) is 4.77. The molecule has 0 fully saturated rings. The summed E-state index contributed by atoms with van der Waals surface area (Å²) in [5, 5.41) is 8.90. The lowest BCUT2D eigenvalue weighted by Crippen LogP contribution is -2.25. The minimum absolute atomic E-state index is 0.0380. The molecule has 0 saturated heterocycles. The predicted octanol–water partition coefficient (Wildman–Crippen LogP) is 2.43. The van der Waals surface area contributed by atoms with Crippen molar-refractivity contribution in [3.05, 3.63) is 28.8 Å². The topological polar surface area (TPSA) is 83.5 Å². The molecule has 0 bridgehead atoms. The molecule has 0 amide bonds. The molecular weight excluding hydrogens is 302 g/mol. The van der Waals surface area contributed by atoms with E-state index in [2.05, 4.69) is 4.72 Å². The first-order valence-corrected chi connectivity index (χ1v) is 8.09. The van der Waals surface area contributed by atoms with Crippen LogP contribution in [0.15, 0.2) is 23.1 Å². The van der Waals surface area contributed by atoms with E-state index in [1.165, 1.54) is 6.07 Å². The van der Waals surface area contributed by atoms with E-state index < -0.39 is 21.9 Å². The van der Waals surface area contributed by atoms with E-state index in [9.17, 15) is 13.2 Å². The third-order valence-electron chi connectivity index (χ3n) is 2.90. The van der Waals surface area contributed by atoms with E-state index in [1.54, 1.807) is 19.1 Å². The van der Waals surface area contributed by atoms with Crippen molar-refractivity contribution < 1.29 is 18.3 Å². The summed E-state index contributed by atoms with van der Waals surface area (Å²) in [7, 11) is -3.66. The van der Waals surface area contributed by atoms with E-state index >= 15 is 0 Å². The fourth-order valence-corrected chi connectivity index (χ4v) is 3.31. The average molecular weight is 320 g/mol. The number of aryl methyl sites for hydroxylation is 1. The smallest absolute Gasteiger partial charge is 0.306 e. The molecule has 0 aliphatic heterocycles. The minimum atomic E-state index is -3.66. The van der Waals surface area contributed by atoms with Gasteiger partial charge in [-0.05, 0) is 37.5 Å². The first-order chi connectivity index (χ1) is 9.24. The quantitative estimate of drug-likeness (QED) is 0.756. The zero-order valence-corrected chi connectivity index (χ0v) is 13.0. The molecule has 0 aromatic heterocycles. The number of carboxylic acid groups (broad SMARTS) is 1. The van der Waals surface area contributed by atoms with Crippen LogP contribution in [0, 0.1) is 12.8 Å². The Kier molecular flexibility index (Phi) is 5.98. The first kappa shape index (κ1) is 16.9. The zero-order valence-electron chi connectivity index (χ0n) is 11.4. The van der Waals surface area contributed by atoms with Crippen LogP contribution in [-0.4, -0.2) is 26.0 Å². The van der Waals surface area contributed by atoms with Crippen LogP contribution in [0.2, 0.25) is 5.02 Å². The van der Waals surface area contributed by atoms with Crippen molar-refractivity contribution in [1.82, 2.24) is 4.72 Å². The van der Waals surface area contributed by atoms with Gasteiger partial charge in [0.15, 0.2) is 0 Å². The second-order valence-electron chi connectivity index (χ2n) is 4.71. The van der Waals surface area contributed by atoms with Crippen LogP contribution in [0.1, 0.15) is 25.3 Å². The van der Waals surface area contributed by atoms with Crippen LogP contribution in [0.5, 0.6) is 0 Å². The number of nitrogens with one attached hydrogen (secondary N) is 1. The highest BCUT2D eigenvalue weighted by Gasteiger charge is 2.17. The van der Waals surface area contributed by atoms with Gasteiger partial charge in [0.25, 0.3) is 0 Å². The van der Waals surface area contributed by atoms with Crippen LogP contribution in [-0.2, 0) is 14.8 Å². The van der Waals surface area contributed by atoms with Crippen molar-refractivity contribution in [2.75, 3.05) is 6.54 Å². The Morgan fingerprint density at radius 3 is 2.65 bits per heavy atom. The molecule has 2 N–H and O–H groups in total. The van der Waals surface area contributed by atoms with Crippen molar-refractivity contribution in [2.24, 2.45) is 5.92 Å². The molecule has 112 valence electrons. The Bertz CT molecular complexity index is 586. The number of benzene rings is 1. The van der Waals surface area contributed by atoms with Crippen molar-refractivity contribution in [2.45, 2.75) is 31.6 Å². The second kappa shape index (κ2) is 7.06. The van der Waals surface area contributed by atoms with Gasteiger partial charge in [-0.3, -0.25) is 4.79 Å². The standard InChI is InChI=1S/C13H18ClNO4S/c1-9-5-6-12(11(14)8-9)20(18,19)15-7-3-4-10(2)13(16)17/h5-6,8,10,15H,3-4,7H2,1-2H3,(H,16,17). The number of hydrogen-bond donors (Lipinski definition) is 2. The molecule has 0 heterocycles. The molecule has 0 aliphatic carbocycles. The molecule has 0 radical (unpaired) electrons. The van der Waals surface area contributed by atoms with Crippen molar-refractivity contribution in [3.8, 4) is 0 Å². The maximum absolute atomic E-state index is 12.0. The van der Waals surface area contributed by atoms with Crippen molar-refractivity contribution in [3.63, 3.8) is 0 Å². The highest BCUT2D eigenvalue weighted by molar-refractivity contribution is 7.89. The Labute approximate surface area is 124 Å². The van der Waals surface area contributed by atoms with Gasteiger partial charge < -0.3 is 5.11 Å². The first-order valence-electron chi connectivity index (χ1n) is 6.22. The summed E-state index contributed by atoms with van der Waals surface area (Å²) in [4.78, 5) is 10.7. The molecule has 1 unspecified atom stereocenters. The molecule has 1 aromatic rings. The molecule has 1 aromatic carbocycles. The molecule has 20 heavy (non-hydrogen) atoms. The number of carboxylic acids is 1. The molecule has 5 nitrogen and oxygen atoms in total. The molecule has 1 atom stereocenters. The van der Waals surface area contributed by atoms with Gasteiger partial charge in [0.2, 0.25) is 10.0 Å². The number of carbonyl (C=O) groups is 1. The summed E-state index contributed by atoms with van der Waals surface area (Å²) in [5.74, 6) is -1.36. The van der Waals surface area contributed by atoms with Gasteiger partial charge in [-0.15, -0.1) is 0 Å². The van der Waals surface area contributed by atoms with Gasteiger partial charge in [-0.1, -0.05) is 24.6 Å². The average Bonchev–Trinajstić information content (AvgIpc) is 2.33. The van der Waals surface area contributed by atoms with Crippen molar-refractivity contribution in [1.29, 1.82) is 0 Å². The molecule has 0 spiro atoms. The molecule has 0 aliphatic rings. The molecule has 7 heteroatoms. The van der Waals surface area contributed by atoms with Crippen LogP contribution in [0.3, 0.4) is 0 Å². The number of hydrogen-bond acceptors (Lipinski definition) is 3. The highest BCUT2D eigenvalue weighted by atomic mass is 35.5. The maximum Gasteiger partial charge on any atom is 0.306 e. The van der Waals surface area contributed by atoms with Gasteiger partial charge in [0.1, 0.15) is 4.90 Å². The third-order valence-corrected chi connectivity index (χ3v) is 4.85. The van der Waals surface area contributed by atoms with E-state index in [4.69, 9.17) is 16.7 Å². The van der Waals surface area contributed by atoms with E-state index in [0.29, 0.717) is 12.8 Å². The Balaban J connectivity index is 2.60. The number of sulfonamides is 1. The van der Waals surface area contributed by atoms with Gasteiger partial charge in [-0.25, -0.2) is 13.1 Å². The fraction of sp³-hybridized carbons (Fsp3) is 0.462. The van der Waals surface area contributed by atoms with Gasteiger partial charge in [-0.2, -0.15) is 0 Å². The molecular formula is C13H18ClNO4S. The summed E-state index contributed by atoms with van der Waals surface area (Å²) in [5.41, 5.74) is 0.879. The summed E-state index contributed by atoms with van der Waals surface area (Å²) in [6, 6.07) is 4.72. The number of rotatable bonds is 7. The van der Waals surface area contributed by atoms with Gasteiger partial charge in [0, 0.05) is 6.54 Å². The van der Waals surface area contributed by atoms with Crippen LogP contribution < -0.4 is 4.72 Å². The van der Waals surface area contributed by atoms with Crippen LogP contribution in [0.4, 0.5) is 0 Å². The Morgan fingerprint density at radius 1 is 1.45 bits per heavy atom. The summed E-state index contributed by atoms with van der Waals surface area (Å²) >= 11 is 5.92. The number of aliphatic carboxylic acids is 1.